The lowest BCUT2D eigenvalue weighted by Gasteiger charge is -2.18. The molecule has 21 heavy (non-hydrogen) atoms. The van der Waals surface area contributed by atoms with Crippen LogP contribution in [0.1, 0.15) is 29.9 Å². The summed E-state index contributed by atoms with van der Waals surface area (Å²) in [6, 6.07) is 8.92. The highest BCUT2D eigenvalue weighted by atomic mass is 35.5. The number of hydrogen-bond acceptors (Lipinski definition) is 3. The average Bonchev–Trinajstić information content (AvgIpc) is 2.80. The lowest BCUT2D eigenvalue weighted by molar-refractivity contribution is 0.541. The highest BCUT2D eigenvalue weighted by Crippen LogP contribution is 2.27. The molecule has 0 saturated carbocycles. The number of rotatable bonds is 6. The zero-order valence-electron chi connectivity index (χ0n) is 13.0. The van der Waals surface area contributed by atoms with E-state index in [1.807, 2.05) is 18.7 Å². The van der Waals surface area contributed by atoms with Gasteiger partial charge in [0.25, 0.3) is 0 Å². The van der Waals surface area contributed by atoms with Gasteiger partial charge in [-0.15, -0.1) is 11.8 Å². The largest absolute Gasteiger partial charge is 0.313 e. The predicted molar refractivity (Wildman–Crippen MR) is 91.4 cm³/mol. The number of halogens is 1. The Hall–Kier alpha value is -0.970. The average molecular weight is 324 g/mol. The number of hydrogen-bond donors (Lipinski definition) is 1. The van der Waals surface area contributed by atoms with Gasteiger partial charge in [-0.25, -0.2) is 0 Å². The fourth-order valence-corrected chi connectivity index (χ4v) is 3.10. The van der Waals surface area contributed by atoms with Crippen LogP contribution >= 0.6 is 23.4 Å². The van der Waals surface area contributed by atoms with Crippen molar-refractivity contribution in [1.82, 2.24) is 15.1 Å². The van der Waals surface area contributed by atoms with E-state index < -0.39 is 0 Å². The van der Waals surface area contributed by atoms with Crippen LogP contribution in [0, 0.1) is 6.92 Å². The Morgan fingerprint density at radius 2 is 2.00 bits per heavy atom. The second kappa shape index (κ2) is 7.34. The molecule has 0 saturated heterocycles. The number of thioether (sulfide) groups is 1. The van der Waals surface area contributed by atoms with Crippen LogP contribution in [-0.2, 0) is 13.0 Å². The summed E-state index contributed by atoms with van der Waals surface area (Å²) in [5.41, 5.74) is 3.28. The summed E-state index contributed by atoms with van der Waals surface area (Å²) in [6.07, 6.45) is 2.93. The van der Waals surface area contributed by atoms with Gasteiger partial charge < -0.3 is 5.32 Å². The normalized spacial score (nSPS) is 12.6. The molecule has 1 aromatic heterocycles. The minimum Gasteiger partial charge on any atom is -0.313 e. The van der Waals surface area contributed by atoms with E-state index in [-0.39, 0.29) is 6.04 Å². The van der Waals surface area contributed by atoms with Crippen LogP contribution in [0.3, 0.4) is 0 Å². The minimum atomic E-state index is 0.236. The predicted octanol–water partition coefficient (Wildman–Crippen LogP) is 4.09. The van der Waals surface area contributed by atoms with Crippen LogP contribution in [0.4, 0.5) is 0 Å². The second-order valence-electron chi connectivity index (χ2n) is 4.98. The first-order valence-electron chi connectivity index (χ1n) is 7.13. The molecule has 0 fully saturated rings. The standard InChI is InChI=1S/C16H22ClN3S/c1-5-20-15(16(17)11(2)19-20)10-14(18-3)12-6-8-13(21-4)9-7-12/h6-9,14,18H,5,10H2,1-4H3. The number of aromatic nitrogens is 2. The monoisotopic (exact) mass is 323 g/mol. The molecule has 0 radical (unpaired) electrons. The van der Waals surface area contributed by atoms with Crippen LogP contribution < -0.4 is 5.32 Å². The van der Waals surface area contributed by atoms with Gasteiger partial charge in [0.15, 0.2) is 0 Å². The van der Waals surface area contributed by atoms with Gasteiger partial charge in [-0.05, 0) is 44.8 Å². The molecule has 1 unspecified atom stereocenters. The summed E-state index contributed by atoms with van der Waals surface area (Å²) < 4.78 is 2.00. The molecule has 3 nitrogen and oxygen atoms in total. The van der Waals surface area contributed by atoms with Crippen molar-refractivity contribution in [2.24, 2.45) is 0 Å². The maximum atomic E-state index is 6.41. The van der Waals surface area contributed by atoms with E-state index in [2.05, 4.69) is 47.9 Å². The minimum absolute atomic E-state index is 0.236. The maximum absolute atomic E-state index is 6.41. The third kappa shape index (κ3) is 3.62. The molecular formula is C16H22ClN3S. The van der Waals surface area contributed by atoms with Crippen molar-refractivity contribution < 1.29 is 0 Å². The van der Waals surface area contributed by atoms with Gasteiger partial charge in [0.05, 0.1) is 16.4 Å². The fourth-order valence-electron chi connectivity index (χ4n) is 2.48. The molecule has 0 aliphatic heterocycles. The van der Waals surface area contributed by atoms with Gasteiger partial charge >= 0.3 is 0 Å². The highest BCUT2D eigenvalue weighted by molar-refractivity contribution is 7.98. The first kappa shape index (κ1) is 16.4. The first-order valence-corrected chi connectivity index (χ1v) is 8.74. The molecule has 0 bridgehead atoms. The van der Waals surface area contributed by atoms with Crippen molar-refractivity contribution in [3.63, 3.8) is 0 Å². The van der Waals surface area contributed by atoms with Gasteiger partial charge in [0.2, 0.25) is 0 Å². The van der Waals surface area contributed by atoms with Crippen LogP contribution in [0.25, 0.3) is 0 Å². The van der Waals surface area contributed by atoms with Crippen molar-refractivity contribution in [1.29, 1.82) is 0 Å². The van der Waals surface area contributed by atoms with E-state index in [9.17, 15) is 0 Å². The van der Waals surface area contributed by atoms with Gasteiger partial charge in [-0.3, -0.25) is 4.68 Å². The van der Waals surface area contributed by atoms with Crippen molar-refractivity contribution in [2.75, 3.05) is 13.3 Å². The van der Waals surface area contributed by atoms with E-state index in [4.69, 9.17) is 11.6 Å². The second-order valence-corrected chi connectivity index (χ2v) is 6.24. The van der Waals surface area contributed by atoms with Gasteiger partial charge in [0.1, 0.15) is 0 Å². The molecule has 1 heterocycles. The lowest BCUT2D eigenvalue weighted by Crippen LogP contribution is -2.20. The van der Waals surface area contributed by atoms with E-state index in [0.29, 0.717) is 0 Å². The van der Waals surface area contributed by atoms with Gasteiger partial charge in [0, 0.05) is 23.9 Å². The first-order chi connectivity index (χ1) is 10.1. The van der Waals surface area contributed by atoms with Gasteiger partial charge in [-0.1, -0.05) is 23.7 Å². The summed E-state index contributed by atoms with van der Waals surface area (Å²) in [4.78, 5) is 1.28. The Bertz CT molecular complexity index is 592. The van der Waals surface area contributed by atoms with Crippen molar-refractivity contribution >= 4 is 23.4 Å². The zero-order valence-corrected chi connectivity index (χ0v) is 14.6. The Morgan fingerprint density at radius 3 is 2.52 bits per heavy atom. The third-order valence-corrected chi connectivity index (χ3v) is 4.95. The number of likely N-dealkylation sites (N-methyl/N-ethyl adjacent to an activating group) is 1. The molecule has 0 aliphatic rings. The van der Waals surface area contributed by atoms with E-state index >= 15 is 0 Å². The molecule has 0 amide bonds. The molecule has 2 rings (SSSR count). The molecule has 1 aromatic carbocycles. The molecule has 5 heteroatoms. The molecule has 1 atom stereocenters. The molecule has 1 N–H and O–H groups in total. The van der Waals surface area contributed by atoms with Crippen LogP contribution in [0.15, 0.2) is 29.2 Å². The summed E-state index contributed by atoms with van der Waals surface area (Å²) in [6.45, 7) is 4.89. The lowest BCUT2D eigenvalue weighted by atomic mass is 10.0. The summed E-state index contributed by atoms with van der Waals surface area (Å²) in [7, 11) is 1.99. The Kier molecular flexibility index (Phi) is 5.73. The molecule has 0 aliphatic carbocycles. The smallest absolute Gasteiger partial charge is 0.0847 e. The van der Waals surface area contributed by atoms with Crippen LogP contribution in [-0.4, -0.2) is 23.1 Å². The zero-order chi connectivity index (χ0) is 15.4. The highest BCUT2D eigenvalue weighted by Gasteiger charge is 2.18. The van der Waals surface area contributed by atoms with Crippen molar-refractivity contribution in [3.8, 4) is 0 Å². The van der Waals surface area contributed by atoms with Crippen LogP contribution in [0.2, 0.25) is 5.02 Å². The fraction of sp³-hybridized carbons (Fsp3) is 0.438. The Labute approximate surface area is 136 Å². The molecule has 2 aromatic rings. The quantitative estimate of drug-likeness (QED) is 0.812. The van der Waals surface area contributed by atoms with Crippen LogP contribution in [0.5, 0.6) is 0 Å². The summed E-state index contributed by atoms with van der Waals surface area (Å²) in [5, 5.41) is 8.67. The summed E-state index contributed by atoms with van der Waals surface area (Å²) >= 11 is 8.17. The number of nitrogens with zero attached hydrogens (tertiary/aromatic N) is 2. The maximum Gasteiger partial charge on any atom is 0.0847 e. The number of benzene rings is 1. The SMILES string of the molecule is CCn1nc(C)c(Cl)c1CC(NC)c1ccc(SC)cc1. The van der Waals surface area contributed by atoms with Gasteiger partial charge in [-0.2, -0.15) is 5.10 Å². The third-order valence-electron chi connectivity index (χ3n) is 3.72. The molecular weight excluding hydrogens is 302 g/mol. The van der Waals surface area contributed by atoms with E-state index in [1.165, 1.54) is 10.5 Å². The Balaban J connectivity index is 2.26. The molecule has 0 spiro atoms. The number of aryl methyl sites for hydroxylation is 2. The topological polar surface area (TPSA) is 29.9 Å². The Morgan fingerprint density at radius 1 is 1.33 bits per heavy atom. The van der Waals surface area contributed by atoms with Crippen molar-refractivity contribution in [2.45, 2.75) is 37.8 Å². The van der Waals surface area contributed by atoms with Crippen molar-refractivity contribution in [3.05, 3.63) is 46.2 Å². The van der Waals surface area contributed by atoms with E-state index in [1.54, 1.807) is 11.8 Å². The number of nitrogens with one attached hydrogen (secondary N) is 1. The summed E-state index contributed by atoms with van der Waals surface area (Å²) in [5.74, 6) is 0. The molecule has 114 valence electrons. The van der Waals surface area contributed by atoms with E-state index in [0.717, 1.165) is 29.4 Å².